The fraction of sp³-hybridized carbons (Fsp3) is 0.500. The first-order valence-corrected chi connectivity index (χ1v) is 9.93. The lowest BCUT2D eigenvalue weighted by molar-refractivity contribution is -0.191. The molecule has 158 valence electrons. The highest BCUT2D eigenvalue weighted by Gasteiger charge is 2.51. The van der Waals surface area contributed by atoms with Gasteiger partial charge < -0.3 is 4.74 Å². The number of hydrogen-bond acceptors (Lipinski definition) is 3. The molecule has 0 radical (unpaired) electrons. The Labute approximate surface area is 169 Å². The van der Waals surface area contributed by atoms with Gasteiger partial charge in [0.05, 0.1) is 12.0 Å². The van der Waals surface area contributed by atoms with Gasteiger partial charge in [-0.1, -0.05) is 38.0 Å². The standard InChI is InChI=1S/C22H27F3N2O2/c1-4-5-6-11-29-18-10-9-15-12-17(8-7-16(15)13-18)19(22(23,24)25)27-14-21(2,3)20(28)26-27/h7-10,12-13,19H,4-6,11,14H2,1-3H3,(H,26,28). The van der Waals surface area contributed by atoms with Gasteiger partial charge in [0.2, 0.25) is 5.91 Å². The number of rotatable bonds is 7. The van der Waals surface area contributed by atoms with Crippen molar-refractivity contribution in [3.63, 3.8) is 0 Å². The Kier molecular flexibility index (Phi) is 6.08. The van der Waals surface area contributed by atoms with Crippen LogP contribution in [-0.4, -0.2) is 30.2 Å². The summed E-state index contributed by atoms with van der Waals surface area (Å²) in [7, 11) is 0. The van der Waals surface area contributed by atoms with Crippen LogP contribution in [0.3, 0.4) is 0 Å². The van der Waals surface area contributed by atoms with E-state index < -0.39 is 23.5 Å². The van der Waals surface area contributed by atoms with Crippen LogP contribution >= 0.6 is 0 Å². The molecule has 1 aliphatic rings. The molecule has 29 heavy (non-hydrogen) atoms. The van der Waals surface area contributed by atoms with Gasteiger partial charge in [-0.15, -0.1) is 0 Å². The molecule has 0 bridgehead atoms. The number of fused-ring (bicyclic) bond motifs is 1. The lowest BCUT2D eigenvalue weighted by Gasteiger charge is -2.30. The Bertz CT molecular complexity index is 880. The maximum atomic E-state index is 13.9. The number of halogens is 3. The Morgan fingerprint density at radius 1 is 1.14 bits per heavy atom. The lowest BCUT2D eigenvalue weighted by Crippen LogP contribution is -2.43. The molecule has 1 saturated heterocycles. The molecular weight excluding hydrogens is 381 g/mol. The molecule has 1 N–H and O–H groups in total. The Morgan fingerprint density at radius 2 is 1.83 bits per heavy atom. The summed E-state index contributed by atoms with van der Waals surface area (Å²) in [6, 6.07) is 8.17. The largest absolute Gasteiger partial charge is 0.494 e. The van der Waals surface area contributed by atoms with E-state index >= 15 is 0 Å². The number of ether oxygens (including phenoxy) is 1. The highest BCUT2D eigenvalue weighted by molar-refractivity contribution is 5.85. The Hall–Kier alpha value is -2.28. The number of carbonyl (C=O) groups excluding carboxylic acids is 1. The van der Waals surface area contributed by atoms with Gasteiger partial charge in [0.25, 0.3) is 0 Å². The summed E-state index contributed by atoms with van der Waals surface area (Å²) in [5.74, 6) is 0.305. The van der Waals surface area contributed by atoms with Gasteiger partial charge in [-0.25, -0.2) is 5.01 Å². The number of benzene rings is 2. The van der Waals surface area contributed by atoms with Crippen LogP contribution in [0.25, 0.3) is 10.8 Å². The van der Waals surface area contributed by atoms with Crippen molar-refractivity contribution in [2.24, 2.45) is 5.41 Å². The summed E-state index contributed by atoms with van der Waals surface area (Å²) in [6.45, 7) is 6.00. The fourth-order valence-corrected chi connectivity index (χ4v) is 3.56. The maximum absolute atomic E-state index is 13.9. The van der Waals surface area contributed by atoms with Crippen molar-refractivity contribution in [2.75, 3.05) is 13.2 Å². The predicted molar refractivity (Wildman–Crippen MR) is 106 cm³/mol. The summed E-state index contributed by atoms with van der Waals surface area (Å²) in [6.07, 6.45) is -1.35. The number of hydrazine groups is 1. The third kappa shape index (κ3) is 4.83. The summed E-state index contributed by atoms with van der Waals surface area (Å²) in [4.78, 5) is 12.0. The highest BCUT2D eigenvalue weighted by Crippen LogP contribution is 2.41. The SMILES string of the molecule is CCCCCOc1ccc2cc(C(N3CC(C)(C)C(=O)N3)C(F)(F)F)ccc2c1. The molecule has 1 fully saturated rings. The van der Waals surface area contributed by atoms with E-state index in [4.69, 9.17) is 4.74 Å². The normalized spacial score (nSPS) is 18.1. The van der Waals surface area contributed by atoms with Gasteiger partial charge in [0.15, 0.2) is 0 Å². The maximum Gasteiger partial charge on any atom is 0.409 e. The van der Waals surface area contributed by atoms with Gasteiger partial charge in [0.1, 0.15) is 11.8 Å². The zero-order chi connectivity index (χ0) is 21.2. The number of carbonyl (C=O) groups is 1. The molecule has 0 spiro atoms. The fourth-order valence-electron chi connectivity index (χ4n) is 3.56. The van der Waals surface area contributed by atoms with E-state index in [2.05, 4.69) is 12.3 Å². The summed E-state index contributed by atoms with van der Waals surface area (Å²) in [5.41, 5.74) is 1.62. The first kappa shape index (κ1) is 21.4. The number of unbranched alkanes of at least 4 members (excludes halogenated alkanes) is 2. The molecule has 1 heterocycles. The van der Waals surface area contributed by atoms with Gasteiger partial charge in [-0.3, -0.25) is 10.2 Å². The Morgan fingerprint density at radius 3 is 2.45 bits per heavy atom. The number of hydrogen-bond donors (Lipinski definition) is 1. The second-order valence-corrected chi connectivity index (χ2v) is 8.22. The van der Waals surface area contributed by atoms with E-state index in [0.717, 1.165) is 29.7 Å². The van der Waals surface area contributed by atoms with Crippen LogP contribution in [0.4, 0.5) is 13.2 Å². The van der Waals surface area contributed by atoms with Gasteiger partial charge in [0, 0.05) is 6.54 Å². The average molecular weight is 408 g/mol. The Balaban J connectivity index is 1.85. The summed E-state index contributed by atoms with van der Waals surface area (Å²) in [5, 5.41) is 2.50. The molecule has 4 nitrogen and oxygen atoms in total. The molecule has 2 aromatic rings. The van der Waals surface area contributed by atoms with Gasteiger partial charge >= 0.3 is 6.18 Å². The van der Waals surface area contributed by atoms with Crippen molar-refractivity contribution >= 4 is 16.7 Å². The molecule has 1 amide bonds. The molecule has 1 aliphatic heterocycles. The van der Waals surface area contributed by atoms with Crippen molar-refractivity contribution in [2.45, 2.75) is 52.3 Å². The second kappa shape index (κ2) is 8.22. The molecular formula is C22H27F3N2O2. The third-order valence-electron chi connectivity index (χ3n) is 5.22. The zero-order valence-corrected chi connectivity index (χ0v) is 17.0. The monoisotopic (exact) mass is 408 g/mol. The van der Waals surface area contributed by atoms with E-state index in [9.17, 15) is 18.0 Å². The number of nitrogens with one attached hydrogen (secondary N) is 1. The van der Waals surface area contributed by atoms with Crippen LogP contribution in [0, 0.1) is 5.41 Å². The van der Waals surface area contributed by atoms with Crippen LogP contribution in [-0.2, 0) is 4.79 Å². The number of amides is 1. The molecule has 0 saturated carbocycles. The lowest BCUT2D eigenvalue weighted by atomic mass is 9.93. The minimum Gasteiger partial charge on any atom is -0.494 e. The predicted octanol–water partition coefficient (Wildman–Crippen LogP) is 5.39. The zero-order valence-electron chi connectivity index (χ0n) is 17.0. The average Bonchev–Trinajstić information content (AvgIpc) is 2.90. The topological polar surface area (TPSA) is 41.6 Å². The van der Waals surface area contributed by atoms with Crippen molar-refractivity contribution in [3.8, 4) is 5.75 Å². The summed E-state index contributed by atoms with van der Waals surface area (Å²) >= 11 is 0. The van der Waals surface area contributed by atoms with Crippen LogP contribution in [0.2, 0.25) is 0 Å². The highest BCUT2D eigenvalue weighted by atomic mass is 19.4. The molecule has 1 atom stereocenters. The molecule has 7 heteroatoms. The molecule has 0 aliphatic carbocycles. The first-order valence-electron chi connectivity index (χ1n) is 9.93. The van der Waals surface area contributed by atoms with Crippen molar-refractivity contribution in [3.05, 3.63) is 42.0 Å². The third-order valence-corrected chi connectivity index (χ3v) is 5.22. The van der Waals surface area contributed by atoms with Crippen molar-refractivity contribution in [1.82, 2.24) is 10.4 Å². The number of nitrogens with zero attached hydrogens (tertiary/aromatic N) is 1. The minimum absolute atomic E-state index is 0.0153. The second-order valence-electron chi connectivity index (χ2n) is 8.22. The molecule has 3 rings (SSSR count). The molecule has 0 aromatic heterocycles. The smallest absolute Gasteiger partial charge is 0.409 e. The van der Waals surface area contributed by atoms with Crippen LogP contribution in [0.15, 0.2) is 36.4 Å². The van der Waals surface area contributed by atoms with E-state index in [-0.39, 0.29) is 12.1 Å². The minimum atomic E-state index is -4.52. The van der Waals surface area contributed by atoms with Crippen LogP contribution < -0.4 is 10.2 Å². The molecule has 2 aromatic carbocycles. The van der Waals surface area contributed by atoms with E-state index in [1.165, 1.54) is 12.1 Å². The van der Waals surface area contributed by atoms with Crippen LogP contribution in [0.5, 0.6) is 5.75 Å². The van der Waals surface area contributed by atoms with E-state index in [1.807, 2.05) is 6.07 Å². The molecule has 1 unspecified atom stereocenters. The van der Waals surface area contributed by atoms with Crippen molar-refractivity contribution in [1.29, 1.82) is 0 Å². The first-order chi connectivity index (χ1) is 13.6. The summed E-state index contributed by atoms with van der Waals surface area (Å²) < 4.78 is 47.4. The van der Waals surface area contributed by atoms with Crippen molar-refractivity contribution < 1.29 is 22.7 Å². The van der Waals surface area contributed by atoms with E-state index in [0.29, 0.717) is 17.7 Å². The quantitative estimate of drug-likeness (QED) is 0.625. The van der Waals surface area contributed by atoms with Crippen LogP contribution in [0.1, 0.15) is 51.6 Å². The van der Waals surface area contributed by atoms with Gasteiger partial charge in [-0.05, 0) is 54.8 Å². The number of alkyl halides is 3. The van der Waals surface area contributed by atoms with Gasteiger partial charge in [-0.2, -0.15) is 13.2 Å². The van der Waals surface area contributed by atoms with E-state index in [1.54, 1.807) is 32.0 Å².